The van der Waals surface area contributed by atoms with Gasteiger partial charge in [0, 0.05) is 34.1 Å². The Labute approximate surface area is 206 Å². The van der Waals surface area contributed by atoms with Gasteiger partial charge in [0.05, 0.1) is 23.3 Å². The largest absolute Gasteiger partial charge is 0.487 e. The zero-order valence-corrected chi connectivity index (χ0v) is 20.9. The van der Waals surface area contributed by atoms with E-state index in [0.29, 0.717) is 17.5 Å². The molecule has 0 aliphatic rings. The van der Waals surface area contributed by atoms with Gasteiger partial charge in [-0.3, -0.25) is 0 Å². The van der Waals surface area contributed by atoms with Crippen molar-refractivity contribution in [3.8, 4) is 11.4 Å². The van der Waals surface area contributed by atoms with Gasteiger partial charge in [-0.15, -0.1) is 3.63 Å². The first-order valence-corrected chi connectivity index (χ1v) is 13.6. The Balaban J connectivity index is 1.73. The van der Waals surface area contributed by atoms with Gasteiger partial charge in [0.25, 0.3) is 10.1 Å². The summed E-state index contributed by atoms with van der Waals surface area (Å²) in [5.74, 6) is 0.412. The first-order chi connectivity index (χ1) is 16.0. The summed E-state index contributed by atoms with van der Waals surface area (Å²) in [4.78, 5) is 8.14. The van der Waals surface area contributed by atoms with Crippen LogP contribution in [0.4, 0.5) is 0 Å². The molecule has 0 N–H and O–H groups in total. The maximum absolute atomic E-state index is 12.4. The Hall–Kier alpha value is -2.70. The van der Waals surface area contributed by atoms with Gasteiger partial charge in [-0.1, -0.05) is 35.3 Å². The van der Waals surface area contributed by atoms with Crippen molar-refractivity contribution < 1.29 is 25.2 Å². The minimum atomic E-state index is -4.70. The van der Waals surface area contributed by atoms with Gasteiger partial charge in [-0.2, -0.15) is 16.8 Å². The van der Waals surface area contributed by atoms with Crippen molar-refractivity contribution >= 4 is 54.3 Å². The van der Waals surface area contributed by atoms with Crippen molar-refractivity contribution in [1.82, 2.24) is 14.5 Å². The van der Waals surface area contributed by atoms with Crippen LogP contribution in [0.25, 0.3) is 16.6 Å². The lowest BCUT2D eigenvalue weighted by atomic mass is 10.1. The molecule has 2 aromatic heterocycles. The molecule has 9 nitrogen and oxygen atoms in total. The van der Waals surface area contributed by atoms with Crippen LogP contribution in [0, 0.1) is 6.92 Å². The van der Waals surface area contributed by atoms with Crippen molar-refractivity contribution in [1.29, 1.82) is 0 Å². The van der Waals surface area contributed by atoms with Gasteiger partial charge in [-0.25, -0.2) is 9.97 Å². The van der Waals surface area contributed by atoms with Crippen molar-refractivity contribution in [3.05, 3.63) is 76.4 Å². The summed E-state index contributed by atoms with van der Waals surface area (Å²) in [6, 6.07) is 9.64. The van der Waals surface area contributed by atoms with Gasteiger partial charge >= 0.3 is 10.1 Å². The van der Waals surface area contributed by atoms with Crippen molar-refractivity contribution in [2.75, 3.05) is 6.26 Å². The second-order valence-electron chi connectivity index (χ2n) is 7.26. The summed E-state index contributed by atoms with van der Waals surface area (Å²) in [7, 11) is -9.00. The number of aryl methyl sites for hydroxylation is 1. The van der Waals surface area contributed by atoms with E-state index in [1.165, 1.54) is 6.07 Å². The van der Waals surface area contributed by atoms with Crippen LogP contribution in [0.3, 0.4) is 0 Å². The van der Waals surface area contributed by atoms with Crippen LogP contribution in [-0.2, 0) is 30.5 Å². The lowest BCUT2D eigenvalue weighted by Crippen LogP contribution is -2.13. The molecule has 0 saturated carbocycles. The molecular weight excluding hydrogens is 525 g/mol. The second kappa shape index (κ2) is 9.16. The molecular formula is C21H17Cl2N3O6S2. The molecule has 178 valence electrons. The number of imidazole rings is 1. The molecule has 0 amide bonds. The Kier molecular flexibility index (Phi) is 6.58. The van der Waals surface area contributed by atoms with Crippen molar-refractivity contribution in [2.45, 2.75) is 18.4 Å². The molecule has 0 bridgehead atoms. The topological polar surface area (TPSA) is 117 Å². The van der Waals surface area contributed by atoms with Gasteiger partial charge < -0.3 is 9.30 Å². The number of hydrogen-bond acceptors (Lipinski definition) is 8. The molecule has 2 heterocycles. The van der Waals surface area contributed by atoms with Crippen LogP contribution >= 0.6 is 23.2 Å². The summed E-state index contributed by atoms with van der Waals surface area (Å²) in [5, 5.41) is 0.627. The average Bonchev–Trinajstić information content (AvgIpc) is 3.26. The van der Waals surface area contributed by atoms with E-state index in [1.807, 2.05) is 29.8 Å². The number of nitrogens with zero attached hydrogens (tertiary/aromatic N) is 3. The summed E-state index contributed by atoms with van der Waals surface area (Å²) < 4.78 is 59.5. The maximum Gasteiger partial charge on any atom is 0.312 e. The Morgan fingerprint density at radius 2 is 1.85 bits per heavy atom. The Morgan fingerprint density at radius 3 is 2.53 bits per heavy atom. The van der Waals surface area contributed by atoms with E-state index in [0.717, 1.165) is 22.8 Å². The number of hydrogen-bond donors (Lipinski definition) is 0. The van der Waals surface area contributed by atoms with E-state index in [2.05, 4.69) is 13.6 Å². The standard InChI is InChI=1S/C21H17Cl2N3O6S2/c1-13-10-17(26-9-8-24-12-26)14-4-3-5-18(21(14)25-13)31-11-15-16(22)6-7-19(20(15)23)34(29,30)32-33(2,27)28/h3-10,12H,11H2,1-2H3. The predicted molar refractivity (Wildman–Crippen MR) is 128 cm³/mol. The van der Waals surface area contributed by atoms with E-state index in [1.54, 1.807) is 24.7 Å². The number of ether oxygens (including phenoxy) is 1. The first-order valence-electron chi connectivity index (χ1n) is 9.61. The van der Waals surface area contributed by atoms with E-state index >= 15 is 0 Å². The van der Waals surface area contributed by atoms with Gasteiger partial charge in [0.15, 0.2) is 0 Å². The molecule has 0 saturated heterocycles. The minimum absolute atomic E-state index is 0.131. The highest BCUT2D eigenvalue weighted by molar-refractivity contribution is 7.99. The normalized spacial score (nSPS) is 12.2. The smallest absolute Gasteiger partial charge is 0.312 e. The van der Waals surface area contributed by atoms with E-state index in [9.17, 15) is 16.8 Å². The molecule has 0 unspecified atom stereocenters. The zero-order valence-electron chi connectivity index (χ0n) is 17.8. The zero-order chi connectivity index (χ0) is 24.7. The number of benzene rings is 2. The Bertz CT molecular complexity index is 1610. The number of pyridine rings is 1. The number of fused-ring (bicyclic) bond motifs is 1. The molecule has 13 heteroatoms. The van der Waals surface area contributed by atoms with Crippen LogP contribution in [0.1, 0.15) is 11.3 Å². The highest BCUT2D eigenvalue weighted by Crippen LogP contribution is 2.35. The van der Waals surface area contributed by atoms with E-state index in [4.69, 9.17) is 27.9 Å². The molecule has 0 fully saturated rings. The van der Waals surface area contributed by atoms with Crippen molar-refractivity contribution in [2.24, 2.45) is 0 Å². The van der Waals surface area contributed by atoms with Crippen LogP contribution in [0.15, 0.2) is 60.0 Å². The average molecular weight is 542 g/mol. The van der Waals surface area contributed by atoms with Gasteiger partial charge in [0.2, 0.25) is 0 Å². The number of rotatable bonds is 7. The monoisotopic (exact) mass is 541 g/mol. The molecule has 0 aliphatic heterocycles. The van der Waals surface area contributed by atoms with Crippen LogP contribution < -0.4 is 4.74 Å². The molecule has 34 heavy (non-hydrogen) atoms. The SMILES string of the molecule is Cc1cc(-n2ccnc2)c2cccc(OCc3c(Cl)ccc(S(=O)(=O)OS(C)(=O)=O)c3Cl)c2n1. The van der Waals surface area contributed by atoms with Crippen LogP contribution in [0.2, 0.25) is 10.0 Å². The first kappa shape index (κ1) is 24.4. The number of halogens is 2. The Morgan fingerprint density at radius 1 is 1.09 bits per heavy atom. The summed E-state index contributed by atoms with van der Waals surface area (Å²) in [5.41, 5.74) is 2.31. The highest BCUT2D eigenvalue weighted by atomic mass is 35.5. The quantitative estimate of drug-likeness (QED) is 0.340. The van der Waals surface area contributed by atoms with E-state index < -0.39 is 25.1 Å². The fourth-order valence-electron chi connectivity index (χ4n) is 3.31. The third-order valence-electron chi connectivity index (χ3n) is 4.70. The summed E-state index contributed by atoms with van der Waals surface area (Å²) >= 11 is 12.5. The third-order valence-corrected chi connectivity index (χ3v) is 8.18. The third kappa shape index (κ3) is 5.03. The van der Waals surface area contributed by atoms with Gasteiger partial charge in [0.1, 0.15) is 22.8 Å². The molecule has 0 aliphatic carbocycles. The lowest BCUT2D eigenvalue weighted by Gasteiger charge is -2.15. The highest BCUT2D eigenvalue weighted by Gasteiger charge is 2.27. The molecule has 2 aromatic carbocycles. The van der Waals surface area contributed by atoms with Crippen LogP contribution in [0.5, 0.6) is 5.75 Å². The molecule has 4 rings (SSSR count). The lowest BCUT2D eigenvalue weighted by molar-refractivity contribution is 0.309. The minimum Gasteiger partial charge on any atom is -0.487 e. The molecule has 0 radical (unpaired) electrons. The van der Waals surface area contributed by atoms with Gasteiger partial charge in [-0.05, 0) is 31.2 Å². The fraction of sp³-hybridized carbons (Fsp3) is 0.143. The fourth-order valence-corrected chi connectivity index (χ4v) is 6.25. The summed E-state index contributed by atoms with van der Waals surface area (Å²) in [6.45, 7) is 1.63. The predicted octanol–water partition coefficient (Wildman–Crippen LogP) is 4.28. The summed E-state index contributed by atoms with van der Waals surface area (Å²) in [6.07, 6.45) is 5.77. The number of para-hydroxylation sites is 1. The molecule has 4 aromatic rings. The molecule has 0 spiro atoms. The second-order valence-corrected chi connectivity index (χ2v) is 11.3. The molecule has 0 atom stereocenters. The van der Waals surface area contributed by atoms with E-state index in [-0.39, 0.29) is 22.2 Å². The van der Waals surface area contributed by atoms with Crippen LogP contribution in [-0.4, -0.2) is 37.6 Å². The van der Waals surface area contributed by atoms with Crippen molar-refractivity contribution in [3.63, 3.8) is 0 Å². The number of aromatic nitrogens is 3. The maximum atomic E-state index is 12.4.